The molecule has 16 heavy (non-hydrogen) atoms. The number of hydrogen-bond donors (Lipinski definition) is 0. The third-order valence-corrected chi connectivity index (χ3v) is 4.17. The van der Waals surface area contributed by atoms with Crippen LogP contribution in [-0.4, -0.2) is 40.8 Å². The first-order valence-corrected chi connectivity index (χ1v) is 6.53. The van der Waals surface area contributed by atoms with Gasteiger partial charge in [0.15, 0.2) is 6.29 Å². The molecular formula is C10H12ClN3OS. The van der Waals surface area contributed by atoms with Crippen molar-refractivity contribution in [2.75, 3.05) is 23.5 Å². The van der Waals surface area contributed by atoms with Gasteiger partial charge in [-0.3, -0.25) is 4.79 Å². The van der Waals surface area contributed by atoms with Crippen LogP contribution < -0.4 is 4.90 Å². The van der Waals surface area contributed by atoms with Crippen LogP contribution in [0.5, 0.6) is 0 Å². The number of hydrogen-bond acceptors (Lipinski definition) is 5. The lowest BCUT2D eigenvalue weighted by Crippen LogP contribution is -2.32. The molecule has 1 aliphatic heterocycles. The molecule has 0 bridgehead atoms. The minimum absolute atomic E-state index is 0.220. The highest BCUT2D eigenvalue weighted by molar-refractivity contribution is 7.99. The summed E-state index contributed by atoms with van der Waals surface area (Å²) in [5, 5.41) is 0.220. The predicted octanol–water partition coefficient (Wildman–Crippen LogP) is 1.88. The third kappa shape index (κ3) is 2.15. The van der Waals surface area contributed by atoms with E-state index in [1.807, 2.05) is 23.7 Å². The average Bonchev–Trinajstić information content (AvgIpc) is 2.81. The van der Waals surface area contributed by atoms with E-state index in [0.29, 0.717) is 17.4 Å². The molecule has 2 heterocycles. The molecule has 0 N–H and O–H groups in total. The van der Waals surface area contributed by atoms with E-state index in [-0.39, 0.29) is 5.15 Å². The molecule has 6 heteroatoms. The maximum atomic E-state index is 11.0. The third-order valence-electron chi connectivity index (χ3n) is 2.72. The first-order valence-electron chi connectivity index (χ1n) is 5.00. The van der Waals surface area contributed by atoms with Crippen molar-refractivity contribution in [3.63, 3.8) is 0 Å². The summed E-state index contributed by atoms with van der Waals surface area (Å²) in [5.74, 6) is 2.85. The van der Waals surface area contributed by atoms with Gasteiger partial charge in [0.2, 0.25) is 0 Å². The quantitative estimate of drug-likeness (QED) is 0.611. The van der Waals surface area contributed by atoms with Crippen molar-refractivity contribution in [2.45, 2.75) is 12.5 Å². The van der Waals surface area contributed by atoms with Crippen LogP contribution in [0.2, 0.25) is 5.15 Å². The van der Waals surface area contributed by atoms with Crippen molar-refractivity contribution in [2.24, 2.45) is 0 Å². The summed E-state index contributed by atoms with van der Waals surface area (Å²) in [6.45, 7) is 0. The van der Waals surface area contributed by atoms with Gasteiger partial charge in [0.25, 0.3) is 0 Å². The molecule has 2 rings (SSSR count). The molecule has 0 aromatic carbocycles. The molecule has 1 aliphatic rings. The minimum Gasteiger partial charge on any atom is -0.355 e. The molecule has 1 unspecified atom stereocenters. The van der Waals surface area contributed by atoms with Gasteiger partial charge in [0.05, 0.1) is 5.56 Å². The number of carbonyl (C=O) groups excluding carboxylic acids is 1. The van der Waals surface area contributed by atoms with Crippen LogP contribution in [-0.2, 0) is 0 Å². The molecule has 1 fully saturated rings. The maximum absolute atomic E-state index is 11.0. The number of halogens is 1. The Balaban J connectivity index is 2.31. The summed E-state index contributed by atoms with van der Waals surface area (Å²) in [5.41, 5.74) is 0.378. The van der Waals surface area contributed by atoms with E-state index in [1.165, 1.54) is 6.33 Å². The zero-order valence-corrected chi connectivity index (χ0v) is 10.5. The molecule has 1 aromatic heterocycles. The van der Waals surface area contributed by atoms with Crippen molar-refractivity contribution in [1.82, 2.24) is 9.97 Å². The predicted molar refractivity (Wildman–Crippen MR) is 66.6 cm³/mol. The molecular weight excluding hydrogens is 246 g/mol. The minimum atomic E-state index is 0.220. The SMILES string of the molecule is CN(c1ncnc(Cl)c1C=O)C1CCSC1. The number of rotatable bonds is 3. The maximum Gasteiger partial charge on any atom is 0.156 e. The van der Waals surface area contributed by atoms with Crippen molar-refractivity contribution in [3.05, 3.63) is 17.0 Å². The molecule has 0 amide bonds. The van der Waals surface area contributed by atoms with Gasteiger partial charge in [-0.05, 0) is 12.2 Å². The van der Waals surface area contributed by atoms with Crippen LogP contribution in [0.1, 0.15) is 16.8 Å². The van der Waals surface area contributed by atoms with Crippen LogP contribution in [0.3, 0.4) is 0 Å². The van der Waals surface area contributed by atoms with E-state index < -0.39 is 0 Å². The summed E-state index contributed by atoms with van der Waals surface area (Å²) in [6, 6.07) is 0.426. The summed E-state index contributed by atoms with van der Waals surface area (Å²) in [6.07, 6.45) is 3.22. The topological polar surface area (TPSA) is 46.1 Å². The highest BCUT2D eigenvalue weighted by Gasteiger charge is 2.23. The highest BCUT2D eigenvalue weighted by Crippen LogP contribution is 2.27. The zero-order chi connectivity index (χ0) is 11.5. The second-order valence-corrected chi connectivity index (χ2v) is 5.16. The van der Waals surface area contributed by atoms with Gasteiger partial charge in [-0.25, -0.2) is 9.97 Å². The lowest BCUT2D eigenvalue weighted by atomic mass is 10.2. The average molecular weight is 258 g/mol. The van der Waals surface area contributed by atoms with Gasteiger partial charge in [0, 0.05) is 18.8 Å². The Kier molecular flexibility index (Phi) is 3.66. The zero-order valence-electron chi connectivity index (χ0n) is 8.89. The molecule has 1 aromatic rings. The first kappa shape index (κ1) is 11.7. The van der Waals surface area contributed by atoms with Crippen LogP contribution >= 0.6 is 23.4 Å². The normalized spacial score (nSPS) is 19.8. The molecule has 0 spiro atoms. The van der Waals surface area contributed by atoms with Gasteiger partial charge in [-0.1, -0.05) is 11.6 Å². The standard InChI is InChI=1S/C10H12ClN3OS/c1-14(7-2-3-16-5-7)10-8(4-15)9(11)12-6-13-10/h4,6-7H,2-3,5H2,1H3. The van der Waals surface area contributed by atoms with Crippen LogP contribution in [0.4, 0.5) is 5.82 Å². The first-order chi connectivity index (χ1) is 7.74. The van der Waals surface area contributed by atoms with E-state index in [0.717, 1.165) is 24.2 Å². The smallest absolute Gasteiger partial charge is 0.156 e. The number of aldehydes is 1. The van der Waals surface area contributed by atoms with Gasteiger partial charge in [-0.15, -0.1) is 0 Å². The van der Waals surface area contributed by atoms with Crippen molar-refractivity contribution in [3.8, 4) is 0 Å². The Labute approximate surface area is 103 Å². The Morgan fingerprint density at radius 3 is 3.06 bits per heavy atom. The number of nitrogens with zero attached hydrogens (tertiary/aromatic N) is 3. The van der Waals surface area contributed by atoms with Crippen molar-refractivity contribution < 1.29 is 4.79 Å². The monoisotopic (exact) mass is 257 g/mol. The lowest BCUT2D eigenvalue weighted by Gasteiger charge is -2.25. The number of thioether (sulfide) groups is 1. The molecule has 1 atom stereocenters. The summed E-state index contributed by atoms with van der Waals surface area (Å²) in [7, 11) is 1.95. The molecule has 0 radical (unpaired) electrons. The fraction of sp³-hybridized carbons (Fsp3) is 0.500. The van der Waals surface area contributed by atoms with E-state index in [1.54, 1.807) is 0 Å². The van der Waals surface area contributed by atoms with E-state index >= 15 is 0 Å². The fourth-order valence-electron chi connectivity index (χ4n) is 1.75. The Bertz CT molecular complexity index is 396. The fourth-order valence-corrected chi connectivity index (χ4v) is 3.19. The second-order valence-electron chi connectivity index (χ2n) is 3.65. The summed E-state index contributed by atoms with van der Waals surface area (Å²) >= 11 is 7.78. The van der Waals surface area contributed by atoms with E-state index in [4.69, 9.17) is 11.6 Å². The van der Waals surface area contributed by atoms with E-state index in [2.05, 4.69) is 9.97 Å². The largest absolute Gasteiger partial charge is 0.355 e. The van der Waals surface area contributed by atoms with Crippen LogP contribution in [0.15, 0.2) is 6.33 Å². The summed E-state index contributed by atoms with van der Waals surface area (Å²) < 4.78 is 0. The van der Waals surface area contributed by atoms with Gasteiger partial charge in [-0.2, -0.15) is 11.8 Å². The Hall–Kier alpha value is -0.810. The van der Waals surface area contributed by atoms with Crippen molar-refractivity contribution >= 4 is 35.5 Å². The second kappa shape index (κ2) is 5.01. The molecule has 0 saturated carbocycles. The number of aromatic nitrogens is 2. The number of anilines is 1. The van der Waals surface area contributed by atoms with Crippen LogP contribution in [0.25, 0.3) is 0 Å². The lowest BCUT2D eigenvalue weighted by molar-refractivity contribution is 0.112. The van der Waals surface area contributed by atoms with Gasteiger partial charge in [0.1, 0.15) is 17.3 Å². The van der Waals surface area contributed by atoms with E-state index in [9.17, 15) is 4.79 Å². The number of carbonyl (C=O) groups is 1. The molecule has 1 saturated heterocycles. The summed E-state index contributed by atoms with van der Waals surface area (Å²) in [4.78, 5) is 21.0. The Morgan fingerprint density at radius 2 is 2.44 bits per heavy atom. The molecule has 4 nitrogen and oxygen atoms in total. The molecule has 0 aliphatic carbocycles. The molecule has 86 valence electrons. The van der Waals surface area contributed by atoms with Crippen LogP contribution in [0, 0.1) is 0 Å². The highest BCUT2D eigenvalue weighted by atomic mass is 35.5. The van der Waals surface area contributed by atoms with Gasteiger partial charge < -0.3 is 4.90 Å². The van der Waals surface area contributed by atoms with Gasteiger partial charge >= 0.3 is 0 Å². The van der Waals surface area contributed by atoms with Crippen molar-refractivity contribution in [1.29, 1.82) is 0 Å². The Morgan fingerprint density at radius 1 is 1.62 bits per heavy atom.